The van der Waals surface area contributed by atoms with Crippen LogP contribution in [-0.4, -0.2) is 35.6 Å². The maximum Gasteiger partial charge on any atom is 0.254 e. The topological polar surface area (TPSA) is 40.5 Å². The number of nitrogens with zero attached hydrogens (tertiary/aromatic N) is 1. The Kier molecular flexibility index (Phi) is 2.76. The molecule has 1 saturated heterocycles. The van der Waals surface area contributed by atoms with Crippen molar-refractivity contribution in [1.82, 2.24) is 4.90 Å². The van der Waals surface area contributed by atoms with Crippen LogP contribution >= 0.6 is 0 Å². The molecule has 3 rings (SSSR count). The van der Waals surface area contributed by atoms with Crippen molar-refractivity contribution in [2.75, 3.05) is 19.7 Å². The van der Waals surface area contributed by atoms with Gasteiger partial charge in [0.05, 0.1) is 0 Å². The van der Waals surface area contributed by atoms with Crippen LogP contribution < -0.4 is 0 Å². The van der Waals surface area contributed by atoms with Gasteiger partial charge >= 0.3 is 0 Å². The van der Waals surface area contributed by atoms with Crippen LogP contribution in [0, 0.1) is 5.92 Å². The van der Waals surface area contributed by atoms with Crippen LogP contribution in [0.15, 0.2) is 42.5 Å². The minimum absolute atomic E-state index is 0.0662. The van der Waals surface area contributed by atoms with Crippen molar-refractivity contribution in [2.24, 2.45) is 5.92 Å². The molecular weight excluding hydrogens is 226 g/mol. The van der Waals surface area contributed by atoms with E-state index in [0.29, 0.717) is 13.1 Å². The molecular formula is C15H15NO2. The first-order chi connectivity index (χ1) is 8.79. The summed E-state index contributed by atoms with van der Waals surface area (Å²) in [4.78, 5) is 14.1. The number of hydrogen-bond donors (Lipinski definition) is 1. The molecule has 1 aliphatic rings. The van der Waals surface area contributed by atoms with Crippen LogP contribution in [0.4, 0.5) is 0 Å². The number of carbonyl (C=O) groups excluding carboxylic acids is 1. The molecule has 1 aliphatic heterocycles. The van der Waals surface area contributed by atoms with Crippen molar-refractivity contribution >= 4 is 16.7 Å². The molecule has 1 amide bonds. The van der Waals surface area contributed by atoms with Crippen molar-refractivity contribution in [1.29, 1.82) is 0 Å². The van der Waals surface area contributed by atoms with Crippen LogP contribution in [-0.2, 0) is 0 Å². The largest absolute Gasteiger partial charge is 0.396 e. The quantitative estimate of drug-likeness (QED) is 0.872. The highest BCUT2D eigenvalue weighted by Gasteiger charge is 2.30. The van der Waals surface area contributed by atoms with E-state index in [2.05, 4.69) is 0 Å². The van der Waals surface area contributed by atoms with Gasteiger partial charge in [-0.25, -0.2) is 0 Å². The highest BCUT2D eigenvalue weighted by Crippen LogP contribution is 2.23. The van der Waals surface area contributed by atoms with E-state index < -0.39 is 0 Å². The van der Waals surface area contributed by atoms with Gasteiger partial charge in [-0.1, -0.05) is 36.4 Å². The molecule has 0 aromatic heterocycles. The van der Waals surface area contributed by atoms with Crippen LogP contribution in [0.1, 0.15) is 10.4 Å². The van der Waals surface area contributed by atoms with E-state index >= 15 is 0 Å². The molecule has 1 fully saturated rings. The van der Waals surface area contributed by atoms with Gasteiger partial charge in [0.1, 0.15) is 0 Å². The summed E-state index contributed by atoms with van der Waals surface area (Å²) < 4.78 is 0. The Morgan fingerprint density at radius 2 is 1.89 bits per heavy atom. The molecule has 3 nitrogen and oxygen atoms in total. The molecule has 0 radical (unpaired) electrons. The molecule has 0 unspecified atom stereocenters. The normalized spacial score (nSPS) is 15.7. The van der Waals surface area contributed by atoms with Gasteiger partial charge < -0.3 is 10.0 Å². The van der Waals surface area contributed by atoms with E-state index in [0.717, 1.165) is 16.3 Å². The number of aliphatic hydroxyl groups is 1. The van der Waals surface area contributed by atoms with Gasteiger partial charge in [0.15, 0.2) is 0 Å². The van der Waals surface area contributed by atoms with Gasteiger partial charge in [-0.15, -0.1) is 0 Å². The van der Waals surface area contributed by atoms with E-state index in [4.69, 9.17) is 5.11 Å². The molecule has 1 N–H and O–H groups in total. The van der Waals surface area contributed by atoms with Crippen molar-refractivity contribution in [3.8, 4) is 0 Å². The second kappa shape index (κ2) is 4.42. The Morgan fingerprint density at radius 1 is 1.17 bits per heavy atom. The van der Waals surface area contributed by atoms with E-state index in [-0.39, 0.29) is 18.4 Å². The maximum absolute atomic E-state index is 12.3. The van der Waals surface area contributed by atoms with Crippen molar-refractivity contribution < 1.29 is 9.90 Å². The van der Waals surface area contributed by atoms with Gasteiger partial charge in [0.2, 0.25) is 0 Å². The maximum atomic E-state index is 12.3. The molecule has 2 aromatic carbocycles. The van der Waals surface area contributed by atoms with Crippen LogP contribution in [0.25, 0.3) is 10.8 Å². The number of hydrogen-bond acceptors (Lipinski definition) is 2. The molecule has 2 aromatic rings. The predicted octanol–water partition coefficient (Wildman–Crippen LogP) is 1.90. The summed E-state index contributed by atoms with van der Waals surface area (Å²) in [6.45, 7) is 1.50. The zero-order valence-electron chi connectivity index (χ0n) is 10.0. The minimum Gasteiger partial charge on any atom is -0.396 e. The molecule has 0 spiro atoms. The van der Waals surface area contributed by atoms with Crippen molar-refractivity contribution in [3.05, 3.63) is 48.0 Å². The van der Waals surface area contributed by atoms with Gasteiger partial charge in [0.25, 0.3) is 5.91 Å². The molecule has 0 aliphatic carbocycles. The molecule has 18 heavy (non-hydrogen) atoms. The average Bonchev–Trinajstić information content (AvgIpc) is 2.36. The molecule has 0 saturated carbocycles. The van der Waals surface area contributed by atoms with Crippen LogP contribution in [0.2, 0.25) is 0 Å². The number of aliphatic hydroxyl groups excluding tert-OH is 1. The minimum atomic E-state index is 0.0662. The van der Waals surface area contributed by atoms with Gasteiger partial charge in [-0.2, -0.15) is 0 Å². The number of carbonyl (C=O) groups is 1. The van der Waals surface area contributed by atoms with E-state index in [9.17, 15) is 4.79 Å². The average molecular weight is 241 g/mol. The molecule has 92 valence electrons. The third-order valence-corrected chi connectivity index (χ3v) is 3.52. The second-order valence-corrected chi connectivity index (χ2v) is 4.79. The SMILES string of the molecule is O=C(c1cccc2ccccc12)N1CC(CO)C1. The summed E-state index contributed by atoms with van der Waals surface area (Å²) >= 11 is 0. The highest BCUT2D eigenvalue weighted by atomic mass is 16.3. The third kappa shape index (κ3) is 1.77. The Morgan fingerprint density at radius 3 is 2.67 bits per heavy atom. The Balaban J connectivity index is 1.93. The first kappa shape index (κ1) is 11.2. The van der Waals surface area contributed by atoms with Crippen LogP contribution in [0.5, 0.6) is 0 Å². The Bertz CT molecular complexity index is 583. The summed E-state index contributed by atoms with van der Waals surface area (Å²) in [5, 5.41) is 11.1. The van der Waals surface area contributed by atoms with E-state index in [1.54, 1.807) is 4.90 Å². The second-order valence-electron chi connectivity index (χ2n) is 4.79. The molecule has 3 heteroatoms. The fraction of sp³-hybridized carbons (Fsp3) is 0.267. The Labute approximate surface area is 106 Å². The lowest BCUT2D eigenvalue weighted by Crippen LogP contribution is -2.51. The zero-order chi connectivity index (χ0) is 12.5. The van der Waals surface area contributed by atoms with E-state index in [1.807, 2.05) is 42.5 Å². The first-order valence-corrected chi connectivity index (χ1v) is 6.17. The van der Waals surface area contributed by atoms with Gasteiger partial charge in [-0.3, -0.25) is 4.79 Å². The lowest BCUT2D eigenvalue weighted by Gasteiger charge is -2.38. The molecule has 1 heterocycles. The molecule has 0 bridgehead atoms. The fourth-order valence-electron chi connectivity index (χ4n) is 2.43. The monoisotopic (exact) mass is 241 g/mol. The number of amides is 1. The summed E-state index contributed by atoms with van der Waals surface area (Å²) in [5.74, 6) is 0.320. The number of likely N-dealkylation sites (tertiary alicyclic amines) is 1. The lowest BCUT2D eigenvalue weighted by atomic mass is 9.98. The fourth-order valence-corrected chi connectivity index (χ4v) is 2.43. The Hall–Kier alpha value is -1.87. The predicted molar refractivity (Wildman–Crippen MR) is 70.4 cm³/mol. The number of rotatable bonds is 2. The standard InChI is InChI=1S/C15H15NO2/c17-10-11-8-16(9-11)15(18)14-7-3-5-12-4-1-2-6-13(12)14/h1-7,11,17H,8-10H2. The number of fused-ring (bicyclic) bond motifs is 1. The van der Waals surface area contributed by atoms with Crippen molar-refractivity contribution in [3.63, 3.8) is 0 Å². The third-order valence-electron chi connectivity index (χ3n) is 3.52. The van der Waals surface area contributed by atoms with Gasteiger partial charge in [0, 0.05) is 31.2 Å². The summed E-state index contributed by atoms with van der Waals surface area (Å²) in [6.07, 6.45) is 0. The first-order valence-electron chi connectivity index (χ1n) is 6.17. The van der Waals surface area contributed by atoms with Crippen LogP contribution in [0.3, 0.4) is 0 Å². The number of benzene rings is 2. The van der Waals surface area contributed by atoms with Crippen molar-refractivity contribution in [2.45, 2.75) is 0 Å². The van der Waals surface area contributed by atoms with E-state index in [1.165, 1.54) is 0 Å². The molecule has 0 atom stereocenters. The smallest absolute Gasteiger partial charge is 0.254 e. The lowest BCUT2D eigenvalue weighted by molar-refractivity contribution is 0.0364. The zero-order valence-corrected chi connectivity index (χ0v) is 10.0. The summed E-state index contributed by atoms with van der Waals surface area (Å²) in [5.41, 5.74) is 0.754. The summed E-state index contributed by atoms with van der Waals surface area (Å²) in [6, 6.07) is 13.7. The highest BCUT2D eigenvalue weighted by molar-refractivity contribution is 6.07. The van der Waals surface area contributed by atoms with Gasteiger partial charge in [-0.05, 0) is 16.8 Å². The summed E-state index contributed by atoms with van der Waals surface area (Å²) in [7, 11) is 0.